The van der Waals surface area contributed by atoms with Gasteiger partial charge in [0.2, 0.25) is 0 Å². The van der Waals surface area contributed by atoms with Crippen molar-refractivity contribution in [3.63, 3.8) is 0 Å². The first-order chi connectivity index (χ1) is 8.65. The molecule has 18 heavy (non-hydrogen) atoms. The van der Waals surface area contributed by atoms with Crippen LogP contribution in [0.3, 0.4) is 0 Å². The van der Waals surface area contributed by atoms with Crippen LogP contribution in [0.4, 0.5) is 0 Å². The van der Waals surface area contributed by atoms with Crippen LogP contribution in [0, 0.1) is 5.92 Å². The molecule has 3 atom stereocenters. The van der Waals surface area contributed by atoms with Gasteiger partial charge in [0.05, 0.1) is 6.10 Å². The lowest BCUT2D eigenvalue weighted by molar-refractivity contribution is 0.128. The highest BCUT2D eigenvalue weighted by Gasteiger charge is 2.25. The van der Waals surface area contributed by atoms with Crippen molar-refractivity contribution in [1.29, 1.82) is 0 Å². The molecule has 100 valence electrons. The van der Waals surface area contributed by atoms with Gasteiger partial charge in [-0.3, -0.25) is 0 Å². The fourth-order valence-corrected chi connectivity index (χ4v) is 2.51. The summed E-state index contributed by atoms with van der Waals surface area (Å²) >= 11 is 0. The molecule has 1 aromatic carbocycles. The van der Waals surface area contributed by atoms with Gasteiger partial charge in [-0.05, 0) is 38.2 Å². The smallest absolute Gasteiger partial charge is 0.0730 e. The molecule has 0 radical (unpaired) electrons. The van der Waals surface area contributed by atoms with Crippen LogP contribution < -0.4 is 5.32 Å². The van der Waals surface area contributed by atoms with Gasteiger partial charge in [0, 0.05) is 12.1 Å². The minimum atomic E-state index is -0.311. The van der Waals surface area contributed by atoms with Gasteiger partial charge in [-0.15, -0.1) is 0 Å². The molecule has 1 saturated carbocycles. The first-order valence-corrected chi connectivity index (χ1v) is 7.13. The Morgan fingerprint density at radius 2 is 1.89 bits per heavy atom. The second-order valence-electron chi connectivity index (χ2n) is 5.79. The van der Waals surface area contributed by atoms with Gasteiger partial charge in [-0.25, -0.2) is 0 Å². The summed E-state index contributed by atoms with van der Waals surface area (Å²) in [5.74, 6) is 0.936. The Morgan fingerprint density at radius 1 is 1.22 bits per heavy atom. The predicted octanol–water partition coefficient (Wildman–Crippen LogP) is 2.76. The summed E-state index contributed by atoms with van der Waals surface area (Å²) in [6.45, 7) is 4.31. The Balaban J connectivity index is 1.75. The van der Waals surface area contributed by atoms with Crippen LogP contribution in [0.2, 0.25) is 0 Å². The number of aliphatic hydroxyl groups excluding tert-OH is 1. The Bertz CT molecular complexity index is 347. The first kappa shape index (κ1) is 13.6. The third-order valence-corrected chi connectivity index (χ3v) is 3.80. The van der Waals surface area contributed by atoms with Crippen LogP contribution in [0.25, 0.3) is 0 Å². The lowest BCUT2D eigenvalue weighted by atomic mass is 10.0. The lowest BCUT2D eigenvalue weighted by Crippen LogP contribution is -2.43. The van der Waals surface area contributed by atoms with Gasteiger partial charge >= 0.3 is 0 Å². The zero-order valence-electron chi connectivity index (χ0n) is 11.5. The Hall–Kier alpha value is -0.860. The maximum Gasteiger partial charge on any atom is 0.0730 e. The van der Waals surface area contributed by atoms with Crippen molar-refractivity contribution in [2.45, 2.75) is 57.7 Å². The maximum atomic E-state index is 10.2. The number of hydrogen-bond acceptors (Lipinski definition) is 2. The van der Waals surface area contributed by atoms with E-state index in [4.69, 9.17) is 0 Å². The summed E-state index contributed by atoms with van der Waals surface area (Å²) in [5.41, 5.74) is 1.20. The van der Waals surface area contributed by atoms with Crippen LogP contribution in [-0.4, -0.2) is 23.3 Å². The first-order valence-electron chi connectivity index (χ1n) is 7.13. The highest BCUT2D eigenvalue weighted by atomic mass is 16.3. The van der Waals surface area contributed by atoms with E-state index in [0.29, 0.717) is 6.04 Å². The van der Waals surface area contributed by atoms with Crippen molar-refractivity contribution in [2.24, 2.45) is 5.92 Å². The van der Waals surface area contributed by atoms with Crippen molar-refractivity contribution in [3.05, 3.63) is 35.9 Å². The summed E-state index contributed by atoms with van der Waals surface area (Å²) in [6, 6.07) is 10.9. The van der Waals surface area contributed by atoms with Crippen LogP contribution in [0.15, 0.2) is 30.3 Å². The minimum absolute atomic E-state index is 0.152. The van der Waals surface area contributed by atoms with E-state index in [1.165, 1.54) is 24.8 Å². The van der Waals surface area contributed by atoms with E-state index in [0.717, 1.165) is 12.3 Å². The normalized spacial score (nSPS) is 20.4. The van der Waals surface area contributed by atoms with E-state index in [1.54, 1.807) is 0 Å². The largest absolute Gasteiger partial charge is 0.391 e. The van der Waals surface area contributed by atoms with E-state index in [9.17, 15) is 5.11 Å². The average Bonchev–Trinajstić information content (AvgIpc) is 3.14. The van der Waals surface area contributed by atoms with Crippen molar-refractivity contribution in [1.82, 2.24) is 5.32 Å². The summed E-state index contributed by atoms with van der Waals surface area (Å²) in [4.78, 5) is 0. The molecule has 0 aliphatic heterocycles. The molecule has 2 rings (SSSR count). The van der Waals surface area contributed by atoms with E-state index in [-0.39, 0.29) is 12.1 Å². The quantitative estimate of drug-likeness (QED) is 0.776. The van der Waals surface area contributed by atoms with Crippen LogP contribution in [0.1, 0.15) is 38.7 Å². The molecule has 1 fully saturated rings. The molecule has 3 unspecified atom stereocenters. The number of benzene rings is 1. The van der Waals surface area contributed by atoms with Crippen LogP contribution >= 0.6 is 0 Å². The third kappa shape index (κ3) is 4.43. The van der Waals surface area contributed by atoms with Crippen molar-refractivity contribution in [3.8, 4) is 0 Å². The number of hydrogen-bond donors (Lipinski definition) is 2. The molecule has 0 bridgehead atoms. The molecule has 1 aromatic rings. The van der Waals surface area contributed by atoms with E-state index in [2.05, 4.69) is 31.3 Å². The molecule has 2 nitrogen and oxygen atoms in total. The molecule has 0 amide bonds. The Kier molecular flexibility index (Phi) is 4.79. The van der Waals surface area contributed by atoms with Crippen LogP contribution in [-0.2, 0) is 6.42 Å². The van der Waals surface area contributed by atoms with Gasteiger partial charge in [0.1, 0.15) is 0 Å². The zero-order chi connectivity index (χ0) is 13.0. The molecular formula is C16H25NO. The predicted molar refractivity (Wildman–Crippen MR) is 75.6 cm³/mol. The minimum Gasteiger partial charge on any atom is -0.391 e. The number of aliphatic hydroxyl groups is 1. The molecule has 1 aliphatic carbocycles. The van der Waals surface area contributed by atoms with Gasteiger partial charge in [0.15, 0.2) is 0 Å². The second kappa shape index (κ2) is 6.35. The van der Waals surface area contributed by atoms with Gasteiger partial charge in [-0.2, -0.15) is 0 Å². The highest BCUT2D eigenvalue weighted by Crippen LogP contribution is 2.33. The number of rotatable bonds is 7. The number of nitrogens with one attached hydrogen (secondary N) is 1. The highest BCUT2D eigenvalue weighted by molar-refractivity contribution is 5.15. The summed E-state index contributed by atoms with van der Waals surface area (Å²) in [7, 11) is 0. The lowest BCUT2D eigenvalue weighted by Gasteiger charge is -2.24. The fraction of sp³-hybridized carbons (Fsp3) is 0.625. The third-order valence-electron chi connectivity index (χ3n) is 3.80. The molecule has 2 heteroatoms. The topological polar surface area (TPSA) is 32.3 Å². The monoisotopic (exact) mass is 247 g/mol. The second-order valence-corrected chi connectivity index (χ2v) is 5.79. The Labute approximate surface area is 110 Å². The maximum absolute atomic E-state index is 10.2. The molecule has 0 aromatic heterocycles. The van der Waals surface area contributed by atoms with E-state index >= 15 is 0 Å². The molecule has 0 saturated heterocycles. The van der Waals surface area contributed by atoms with Gasteiger partial charge in [0.25, 0.3) is 0 Å². The Morgan fingerprint density at radius 3 is 2.50 bits per heavy atom. The van der Waals surface area contributed by atoms with E-state index in [1.807, 2.05) is 18.2 Å². The molecule has 0 spiro atoms. The average molecular weight is 247 g/mol. The van der Waals surface area contributed by atoms with Crippen LogP contribution in [0.5, 0.6) is 0 Å². The summed E-state index contributed by atoms with van der Waals surface area (Å²) in [6.07, 6.45) is 4.46. The fourth-order valence-electron chi connectivity index (χ4n) is 2.51. The summed E-state index contributed by atoms with van der Waals surface area (Å²) in [5, 5.41) is 13.7. The SMILES string of the molecule is CC(CC1CC1)NC(C)C(O)Cc1ccccc1. The molecule has 2 N–H and O–H groups in total. The van der Waals surface area contributed by atoms with E-state index < -0.39 is 0 Å². The van der Waals surface area contributed by atoms with Crippen molar-refractivity contribution >= 4 is 0 Å². The standard InChI is InChI=1S/C16H25NO/c1-12(10-15-8-9-15)17-13(2)16(18)11-14-6-4-3-5-7-14/h3-7,12-13,15-18H,8-11H2,1-2H3. The molecule has 0 heterocycles. The molecule has 1 aliphatic rings. The van der Waals surface area contributed by atoms with Crippen molar-refractivity contribution < 1.29 is 5.11 Å². The van der Waals surface area contributed by atoms with Crippen molar-refractivity contribution in [2.75, 3.05) is 0 Å². The van der Waals surface area contributed by atoms with Gasteiger partial charge < -0.3 is 10.4 Å². The molecular weight excluding hydrogens is 222 g/mol. The summed E-state index contributed by atoms with van der Waals surface area (Å²) < 4.78 is 0. The zero-order valence-corrected chi connectivity index (χ0v) is 11.5. The van der Waals surface area contributed by atoms with Gasteiger partial charge in [-0.1, -0.05) is 43.2 Å².